The summed E-state index contributed by atoms with van der Waals surface area (Å²) in [4.78, 5) is 12.7. The smallest absolute Gasteiger partial charge is 0.288 e. The predicted octanol–water partition coefficient (Wildman–Crippen LogP) is -0.0751. The van der Waals surface area contributed by atoms with E-state index in [1.54, 1.807) is 22.8 Å². The highest BCUT2D eigenvalue weighted by molar-refractivity contribution is 8.05. The molecular formula is C7H9N3O4S2. The zero-order chi connectivity index (χ0) is 12.2. The highest BCUT2D eigenvalue weighted by Crippen LogP contribution is 2.19. The first-order valence-corrected chi connectivity index (χ1v) is 6.73. The number of carbonyl (C=O) groups excluding carboxylic acids is 1. The second-order valence-electron chi connectivity index (χ2n) is 2.75. The molecular weight excluding hydrogens is 254 g/mol. The number of nitrogens with zero attached hydrogens (tertiary/aromatic N) is 2. The van der Waals surface area contributed by atoms with Gasteiger partial charge in [-0.15, -0.1) is 11.8 Å². The van der Waals surface area contributed by atoms with Gasteiger partial charge in [0.05, 0.1) is 6.26 Å². The maximum atomic E-state index is 11.0. The van der Waals surface area contributed by atoms with Crippen LogP contribution in [0.5, 0.6) is 0 Å². The molecule has 16 heavy (non-hydrogen) atoms. The van der Waals surface area contributed by atoms with Gasteiger partial charge in [-0.25, -0.2) is 5.43 Å². The second kappa shape index (κ2) is 5.14. The zero-order valence-corrected chi connectivity index (χ0v) is 9.83. The topological polar surface area (TPSA) is 99.1 Å². The molecule has 1 amide bonds. The van der Waals surface area contributed by atoms with Gasteiger partial charge in [0.2, 0.25) is 0 Å². The molecule has 0 spiro atoms. The number of nitrogens with one attached hydrogen (secondary N) is 1. The first-order chi connectivity index (χ1) is 7.38. The van der Waals surface area contributed by atoms with E-state index in [-0.39, 0.29) is 5.91 Å². The Morgan fingerprint density at radius 1 is 1.56 bits per heavy atom. The fourth-order valence-electron chi connectivity index (χ4n) is 0.824. The molecule has 0 bridgehead atoms. The van der Waals surface area contributed by atoms with Gasteiger partial charge in [0, 0.05) is 11.6 Å². The Morgan fingerprint density at radius 3 is 2.75 bits per heavy atom. The fourth-order valence-corrected chi connectivity index (χ4v) is 1.46. The summed E-state index contributed by atoms with van der Waals surface area (Å²) >= 11 is 1.48. The Hall–Kier alpha value is -1.32. The molecule has 0 saturated heterocycles. The van der Waals surface area contributed by atoms with Crippen LogP contribution in [0.1, 0.15) is 0 Å². The number of hydrazone groups is 1. The molecule has 0 aliphatic carbocycles. The summed E-state index contributed by atoms with van der Waals surface area (Å²) in [6, 6.07) is 0. The van der Waals surface area contributed by atoms with Gasteiger partial charge in [-0.3, -0.25) is 9.35 Å². The number of hydrogen-bond donors (Lipinski definition) is 2. The number of thioether (sulfide) groups is 1. The van der Waals surface area contributed by atoms with E-state index in [2.05, 4.69) is 10.5 Å². The number of carbonyl (C=O) groups is 1. The summed E-state index contributed by atoms with van der Waals surface area (Å²) in [6.07, 6.45) is 4.07. The van der Waals surface area contributed by atoms with E-state index < -0.39 is 10.1 Å². The van der Waals surface area contributed by atoms with Crippen molar-refractivity contribution in [3.05, 3.63) is 22.7 Å². The third-order valence-corrected chi connectivity index (χ3v) is 1.98. The Morgan fingerprint density at radius 2 is 2.19 bits per heavy atom. The molecule has 2 rings (SSSR count). The molecule has 0 fully saturated rings. The molecule has 2 aliphatic heterocycles. The van der Waals surface area contributed by atoms with Crippen molar-refractivity contribution in [3.8, 4) is 0 Å². The van der Waals surface area contributed by atoms with E-state index in [4.69, 9.17) is 4.55 Å². The van der Waals surface area contributed by atoms with Crippen molar-refractivity contribution in [1.82, 2.24) is 10.3 Å². The van der Waals surface area contributed by atoms with E-state index in [1.807, 2.05) is 5.41 Å². The Labute approximate surface area is 96.6 Å². The Balaban J connectivity index is 0.000000221. The van der Waals surface area contributed by atoms with E-state index in [0.29, 0.717) is 12.0 Å². The van der Waals surface area contributed by atoms with Crippen molar-refractivity contribution >= 4 is 34.1 Å². The van der Waals surface area contributed by atoms with Gasteiger partial charge < -0.3 is 4.90 Å². The van der Waals surface area contributed by atoms with Gasteiger partial charge in [-0.2, -0.15) is 13.5 Å². The van der Waals surface area contributed by atoms with Gasteiger partial charge in [-0.1, -0.05) is 0 Å². The van der Waals surface area contributed by atoms with Gasteiger partial charge in [0.15, 0.2) is 0 Å². The van der Waals surface area contributed by atoms with Crippen molar-refractivity contribution in [1.29, 1.82) is 0 Å². The third kappa shape index (κ3) is 4.47. The minimum absolute atomic E-state index is 0.163. The van der Waals surface area contributed by atoms with Crippen molar-refractivity contribution in [2.45, 2.75) is 0 Å². The molecule has 0 aromatic rings. The van der Waals surface area contributed by atoms with E-state index in [1.165, 1.54) is 11.8 Å². The van der Waals surface area contributed by atoms with Crippen molar-refractivity contribution in [2.75, 3.05) is 6.26 Å². The van der Waals surface area contributed by atoms with Crippen LogP contribution in [0, 0.1) is 0 Å². The summed E-state index contributed by atoms with van der Waals surface area (Å²) < 4.78 is 25.9. The molecule has 88 valence electrons. The summed E-state index contributed by atoms with van der Waals surface area (Å²) in [6.45, 7) is 0. The SMILES string of the molecule is CS(=O)(=O)O.O=C1NN=CN2C=CSC=C12. The maximum absolute atomic E-state index is 11.0. The van der Waals surface area contributed by atoms with Crippen LogP contribution in [0.2, 0.25) is 0 Å². The van der Waals surface area contributed by atoms with E-state index in [9.17, 15) is 13.2 Å². The summed E-state index contributed by atoms with van der Waals surface area (Å²) in [7, 11) is -3.67. The monoisotopic (exact) mass is 263 g/mol. The lowest BCUT2D eigenvalue weighted by molar-refractivity contribution is -0.118. The number of hydrogen-bond acceptors (Lipinski definition) is 6. The molecule has 0 radical (unpaired) electrons. The molecule has 9 heteroatoms. The highest BCUT2D eigenvalue weighted by atomic mass is 32.2. The van der Waals surface area contributed by atoms with E-state index in [0.717, 1.165) is 0 Å². The first kappa shape index (κ1) is 12.7. The lowest BCUT2D eigenvalue weighted by atomic mass is 10.4. The molecule has 2 N–H and O–H groups in total. The van der Waals surface area contributed by atoms with Crippen LogP contribution in [0.3, 0.4) is 0 Å². The van der Waals surface area contributed by atoms with Crippen LogP contribution in [0.4, 0.5) is 0 Å². The molecule has 0 unspecified atom stereocenters. The van der Waals surface area contributed by atoms with Gasteiger partial charge >= 0.3 is 0 Å². The summed E-state index contributed by atoms with van der Waals surface area (Å²) in [5.41, 5.74) is 2.97. The Bertz CT molecular complexity index is 458. The quantitative estimate of drug-likeness (QED) is 0.593. The largest absolute Gasteiger partial charge is 0.300 e. The standard InChI is InChI=1S/C6H5N3OS.CH4O3S/c10-6-5-3-11-2-1-9(5)4-7-8-6;1-5(2,3)4/h1-4H,(H,8,10);1H3,(H,2,3,4). The van der Waals surface area contributed by atoms with Crippen molar-refractivity contribution < 1.29 is 17.8 Å². The van der Waals surface area contributed by atoms with Gasteiger partial charge in [0.25, 0.3) is 16.0 Å². The molecule has 0 aromatic carbocycles. The molecule has 2 heterocycles. The van der Waals surface area contributed by atoms with Crippen LogP contribution in [0.25, 0.3) is 0 Å². The fraction of sp³-hybridized carbons (Fsp3) is 0.143. The minimum atomic E-state index is -3.67. The molecule has 7 nitrogen and oxygen atoms in total. The number of amides is 1. The van der Waals surface area contributed by atoms with Gasteiger partial charge in [-0.05, 0) is 5.41 Å². The summed E-state index contributed by atoms with van der Waals surface area (Å²) in [5, 5.41) is 7.30. The maximum Gasteiger partial charge on any atom is 0.288 e. The van der Waals surface area contributed by atoms with E-state index >= 15 is 0 Å². The average molecular weight is 263 g/mol. The average Bonchev–Trinajstić information content (AvgIpc) is 2.16. The molecule has 0 atom stereocenters. The molecule has 0 saturated carbocycles. The second-order valence-corrected chi connectivity index (χ2v) is 5.00. The Kier molecular flexibility index (Phi) is 4.10. The molecule has 2 aliphatic rings. The van der Waals surface area contributed by atoms with Crippen LogP contribution < -0.4 is 5.43 Å². The molecule has 0 aromatic heterocycles. The van der Waals surface area contributed by atoms with Crippen molar-refractivity contribution in [3.63, 3.8) is 0 Å². The highest BCUT2D eigenvalue weighted by Gasteiger charge is 2.19. The minimum Gasteiger partial charge on any atom is -0.300 e. The van der Waals surface area contributed by atoms with Crippen LogP contribution in [-0.2, 0) is 14.9 Å². The lowest BCUT2D eigenvalue weighted by Gasteiger charge is -2.22. The predicted molar refractivity (Wildman–Crippen MR) is 60.8 cm³/mol. The van der Waals surface area contributed by atoms with Crippen LogP contribution >= 0.6 is 11.8 Å². The first-order valence-electron chi connectivity index (χ1n) is 3.94. The normalized spacial score (nSPS) is 18.0. The van der Waals surface area contributed by atoms with Crippen LogP contribution in [-0.4, -0.2) is 36.4 Å². The van der Waals surface area contributed by atoms with Crippen LogP contribution in [0.15, 0.2) is 27.8 Å². The lowest BCUT2D eigenvalue weighted by Crippen LogP contribution is -2.35. The number of fused-ring (bicyclic) bond motifs is 1. The number of rotatable bonds is 0. The van der Waals surface area contributed by atoms with Gasteiger partial charge in [0.1, 0.15) is 12.0 Å². The third-order valence-electron chi connectivity index (χ3n) is 1.34. The van der Waals surface area contributed by atoms with Crippen molar-refractivity contribution in [2.24, 2.45) is 5.10 Å². The summed E-state index contributed by atoms with van der Waals surface area (Å²) in [5.74, 6) is -0.163. The zero-order valence-electron chi connectivity index (χ0n) is 8.19.